The molecular weight excluding hydrogens is 294 g/mol. The first-order valence-electron chi connectivity index (χ1n) is 7.73. The largest absolute Gasteiger partial charge is 0.388 e. The lowest BCUT2D eigenvalue weighted by Crippen LogP contribution is -2.56. The van der Waals surface area contributed by atoms with E-state index in [9.17, 15) is 15.0 Å². The number of hydrogen-bond acceptors (Lipinski definition) is 4. The number of amides is 1. The molecule has 5 nitrogen and oxygen atoms in total. The van der Waals surface area contributed by atoms with Gasteiger partial charge in [-0.3, -0.25) is 4.79 Å². The van der Waals surface area contributed by atoms with E-state index < -0.39 is 18.2 Å². The maximum atomic E-state index is 12.5. The number of rotatable bonds is 3. The monoisotopic (exact) mass is 315 g/mol. The van der Waals surface area contributed by atoms with Crippen LogP contribution in [0.1, 0.15) is 5.56 Å². The van der Waals surface area contributed by atoms with Gasteiger partial charge in [-0.2, -0.15) is 0 Å². The number of aliphatic hydroxyl groups excluding tert-OH is 2. The van der Waals surface area contributed by atoms with Crippen molar-refractivity contribution in [2.24, 2.45) is 0 Å². The summed E-state index contributed by atoms with van der Waals surface area (Å²) in [4.78, 5) is 14.0. The van der Waals surface area contributed by atoms with Crippen LogP contribution in [0.25, 0.3) is 10.8 Å². The topological polar surface area (TPSA) is 70.0 Å². The van der Waals surface area contributed by atoms with Crippen molar-refractivity contribution in [1.29, 1.82) is 0 Å². The summed E-state index contributed by atoms with van der Waals surface area (Å²) in [7, 11) is 1.64. The molecule has 0 aliphatic carbocycles. The Morgan fingerprint density at radius 1 is 1.17 bits per heavy atom. The minimum absolute atomic E-state index is 0.102. The lowest BCUT2D eigenvalue weighted by atomic mass is 10.0. The maximum absolute atomic E-state index is 12.5. The number of likely N-dealkylation sites (N-methyl/N-ethyl adjacent to an activating group) is 1. The van der Waals surface area contributed by atoms with E-state index in [2.05, 4.69) is 0 Å². The highest BCUT2D eigenvalue weighted by Gasteiger charge is 2.35. The van der Waals surface area contributed by atoms with E-state index in [0.717, 1.165) is 16.3 Å². The van der Waals surface area contributed by atoms with Gasteiger partial charge in [0.1, 0.15) is 12.2 Å². The van der Waals surface area contributed by atoms with Crippen molar-refractivity contribution in [2.75, 3.05) is 20.3 Å². The molecule has 1 saturated heterocycles. The van der Waals surface area contributed by atoms with Crippen molar-refractivity contribution in [3.63, 3.8) is 0 Å². The first-order chi connectivity index (χ1) is 11.1. The second-order valence-electron chi connectivity index (χ2n) is 6.03. The normalized spacial score (nSPS) is 24.6. The summed E-state index contributed by atoms with van der Waals surface area (Å²) >= 11 is 0. The number of fused-ring (bicyclic) bond motifs is 1. The summed E-state index contributed by atoms with van der Waals surface area (Å²) in [5.74, 6) is -0.109. The van der Waals surface area contributed by atoms with E-state index in [1.165, 1.54) is 4.90 Å². The Morgan fingerprint density at radius 2 is 1.91 bits per heavy atom. The van der Waals surface area contributed by atoms with Gasteiger partial charge in [0.25, 0.3) is 0 Å². The smallest absolute Gasteiger partial charge is 0.227 e. The summed E-state index contributed by atoms with van der Waals surface area (Å²) < 4.78 is 5.24. The molecule has 5 heteroatoms. The van der Waals surface area contributed by atoms with Gasteiger partial charge >= 0.3 is 0 Å². The number of ether oxygens (including phenoxy) is 1. The number of hydrogen-bond donors (Lipinski definition) is 2. The predicted octanol–water partition coefficient (Wildman–Crippen LogP) is 0.961. The minimum Gasteiger partial charge on any atom is -0.388 e. The second-order valence-corrected chi connectivity index (χ2v) is 6.03. The van der Waals surface area contributed by atoms with Gasteiger partial charge in [0.2, 0.25) is 5.91 Å². The van der Waals surface area contributed by atoms with Crippen LogP contribution in [0.5, 0.6) is 0 Å². The molecular formula is C18H21NO4. The third-order valence-corrected chi connectivity index (χ3v) is 4.43. The van der Waals surface area contributed by atoms with Gasteiger partial charge in [-0.1, -0.05) is 42.5 Å². The molecule has 1 aliphatic heterocycles. The van der Waals surface area contributed by atoms with Crippen molar-refractivity contribution in [1.82, 2.24) is 4.90 Å². The summed E-state index contributed by atoms with van der Waals surface area (Å²) in [5.41, 5.74) is 0.923. The van der Waals surface area contributed by atoms with Crippen LogP contribution in [0, 0.1) is 0 Å². The highest BCUT2D eigenvalue weighted by atomic mass is 16.5. The molecule has 0 saturated carbocycles. The van der Waals surface area contributed by atoms with Gasteiger partial charge in [0.15, 0.2) is 0 Å². The van der Waals surface area contributed by atoms with Crippen molar-refractivity contribution in [3.05, 3.63) is 48.0 Å². The summed E-state index contributed by atoms with van der Waals surface area (Å²) in [6, 6.07) is 13.4. The zero-order valence-electron chi connectivity index (χ0n) is 13.1. The number of benzene rings is 2. The molecule has 1 fully saturated rings. The molecule has 0 radical (unpaired) electrons. The Morgan fingerprint density at radius 3 is 2.70 bits per heavy atom. The van der Waals surface area contributed by atoms with E-state index in [1.54, 1.807) is 7.05 Å². The molecule has 3 rings (SSSR count). The van der Waals surface area contributed by atoms with Crippen LogP contribution in [0.4, 0.5) is 0 Å². The van der Waals surface area contributed by atoms with Gasteiger partial charge in [-0.25, -0.2) is 0 Å². The lowest BCUT2D eigenvalue weighted by Gasteiger charge is -2.37. The van der Waals surface area contributed by atoms with Crippen molar-refractivity contribution >= 4 is 16.7 Å². The van der Waals surface area contributed by atoms with E-state index in [0.29, 0.717) is 0 Å². The van der Waals surface area contributed by atoms with Crippen LogP contribution in [0.15, 0.2) is 42.5 Å². The van der Waals surface area contributed by atoms with Crippen LogP contribution < -0.4 is 0 Å². The molecule has 23 heavy (non-hydrogen) atoms. The van der Waals surface area contributed by atoms with E-state index in [4.69, 9.17) is 4.74 Å². The summed E-state index contributed by atoms with van der Waals surface area (Å²) in [6.45, 7) is 0.336. The molecule has 0 bridgehead atoms. The predicted molar refractivity (Wildman–Crippen MR) is 87.0 cm³/mol. The fourth-order valence-electron chi connectivity index (χ4n) is 2.94. The Kier molecular flexibility index (Phi) is 4.61. The van der Waals surface area contributed by atoms with Crippen LogP contribution in [-0.4, -0.2) is 59.5 Å². The Balaban J connectivity index is 1.72. The number of carbonyl (C=O) groups is 1. The van der Waals surface area contributed by atoms with E-state index in [1.807, 2.05) is 42.5 Å². The molecule has 0 aromatic heterocycles. The fourth-order valence-corrected chi connectivity index (χ4v) is 2.94. The van der Waals surface area contributed by atoms with Crippen LogP contribution in [-0.2, 0) is 16.0 Å². The zero-order chi connectivity index (χ0) is 16.4. The molecule has 1 amide bonds. The van der Waals surface area contributed by atoms with Gasteiger partial charge in [-0.15, -0.1) is 0 Å². The first-order valence-corrected chi connectivity index (χ1v) is 7.73. The van der Waals surface area contributed by atoms with E-state index >= 15 is 0 Å². The van der Waals surface area contributed by atoms with Crippen molar-refractivity contribution < 1.29 is 19.7 Å². The zero-order valence-corrected chi connectivity index (χ0v) is 13.1. The Bertz CT molecular complexity index is 702. The summed E-state index contributed by atoms with van der Waals surface area (Å²) in [6.07, 6.45) is -1.68. The standard InChI is InChI=1S/C18H21NO4/c1-19(15-10-23-11-16(20)18(15)22)17(21)9-12-6-7-13-4-2-3-5-14(13)8-12/h2-8,15-16,18,20,22H,9-11H2,1H3/t15-,16-,18+/m1/s1. The quantitative estimate of drug-likeness (QED) is 0.885. The van der Waals surface area contributed by atoms with Gasteiger partial charge < -0.3 is 19.8 Å². The molecule has 2 N–H and O–H groups in total. The number of nitrogens with zero attached hydrogens (tertiary/aromatic N) is 1. The van der Waals surface area contributed by atoms with Crippen LogP contribution in [0.2, 0.25) is 0 Å². The van der Waals surface area contributed by atoms with Crippen LogP contribution >= 0.6 is 0 Å². The third-order valence-electron chi connectivity index (χ3n) is 4.43. The highest BCUT2D eigenvalue weighted by molar-refractivity contribution is 5.85. The van der Waals surface area contributed by atoms with Gasteiger partial charge in [0.05, 0.1) is 25.7 Å². The molecule has 1 heterocycles. The van der Waals surface area contributed by atoms with E-state index in [-0.39, 0.29) is 25.5 Å². The molecule has 1 aliphatic rings. The fraction of sp³-hybridized carbons (Fsp3) is 0.389. The first kappa shape index (κ1) is 15.9. The molecule has 2 aromatic rings. The maximum Gasteiger partial charge on any atom is 0.227 e. The van der Waals surface area contributed by atoms with Crippen molar-refractivity contribution in [3.8, 4) is 0 Å². The molecule has 2 aromatic carbocycles. The Hall–Kier alpha value is -1.95. The average Bonchev–Trinajstić information content (AvgIpc) is 2.56. The second kappa shape index (κ2) is 6.66. The van der Waals surface area contributed by atoms with Crippen LogP contribution in [0.3, 0.4) is 0 Å². The average molecular weight is 315 g/mol. The molecule has 0 spiro atoms. The molecule has 0 unspecified atom stereocenters. The molecule has 3 atom stereocenters. The lowest BCUT2D eigenvalue weighted by molar-refractivity contribution is -0.152. The SMILES string of the molecule is CN(C(=O)Cc1ccc2ccccc2c1)[C@@H]1COC[C@@H](O)[C@H]1O. The van der Waals surface area contributed by atoms with Gasteiger partial charge in [-0.05, 0) is 16.3 Å². The Labute approximate surface area is 135 Å². The van der Waals surface area contributed by atoms with Crippen molar-refractivity contribution in [2.45, 2.75) is 24.7 Å². The summed E-state index contributed by atoms with van der Waals surface area (Å²) in [5, 5.41) is 21.9. The molecule has 122 valence electrons. The minimum atomic E-state index is -0.977. The number of carbonyl (C=O) groups excluding carboxylic acids is 1. The number of aliphatic hydroxyl groups is 2. The third kappa shape index (κ3) is 3.37. The highest BCUT2D eigenvalue weighted by Crippen LogP contribution is 2.18. The van der Waals surface area contributed by atoms with Gasteiger partial charge in [0, 0.05) is 7.05 Å².